The number of nitrogens with one attached hydrogen (secondary N) is 1. The van der Waals surface area contributed by atoms with Gasteiger partial charge in [0, 0.05) is 28.6 Å². The Labute approximate surface area is 167 Å². The molecule has 1 heterocycles. The van der Waals surface area contributed by atoms with Gasteiger partial charge in [0.05, 0.1) is 10.7 Å². The monoisotopic (exact) mass is 398 g/mol. The summed E-state index contributed by atoms with van der Waals surface area (Å²) in [5.41, 5.74) is 2.68. The van der Waals surface area contributed by atoms with Crippen LogP contribution in [-0.2, 0) is 17.9 Å². The topological polar surface area (TPSA) is 51.2 Å². The molecular formula is C21H19ClN2O2S. The number of hydrogen-bond acceptors (Lipinski definition) is 4. The van der Waals surface area contributed by atoms with Gasteiger partial charge in [0.2, 0.25) is 5.91 Å². The Balaban J connectivity index is 1.58. The van der Waals surface area contributed by atoms with Crippen LogP contribution < -0.4 is 10.1 Å². The average molecular weight is 399 g/mol. The minimum absolute atomic E-state index is 0.181. The van der Waals surface area contributed by atoms with Crippen molar-refractivity contribution >= 4 is 34.9 Å². The maximum atomic E-state index is 12.1. The minimum Gasteiger partial charge on any atom is -0.487 e. The fourth-order valence-corrected chi connectivity index (χ4v) is 3.25. The molecule has 3 rings (SSSR count). The summed E-state index contributed by atoms with van der Waals surface area (Å²) in [6.45, 7) is 2.79. The molecule has 3 aromatic rings. The van der Waals surface area contributed by atoms with Gasteiger partial charge in [-0.2, -0.15) is 0 Å². The van der Waals surface area contributed by atoms with E-state index < -0.39 is 0 Å². The molecule has 0 atom stereocenters. The summed E-state index contributed by atoms with van der Waals surface area (Å²) in [6.07, 6.45) is 3.24. The first kappa shape index (κ1) is 19.1. The van der Waals surface area contributed by atoms with Crippen LogP contribution in [0.4, 0.5) is 0 Å². The Morgan fingerprint density at radius 3 is 2.89 bits per heavy atom. The number of aryl methyl sites for hydroxylation is 1. The van der Waals surface area contributed by atoms with Gasteiger partial charge in [0.1, 0.15) is 12.4 Å². The molecule has 1 aromatic heterocycles. The van der Waals surface area contributed by atoms with E-state index in [9.17, 15) is 4.79 Å². The number of rotatable bonds is 7. The van der Waals surface area contributed by atoms with Crippen molar-refractivity contribution in [3.05, 3.63) is 86.8 Å². The second kappa shape index (κ2) is 9.35. The maximum absolute atomic E-state index is 12.1. The number of carbonyl (C=O) groups excluding carboxylic acids is 1. The number of ether oxygens (including phenoxy) is 1. The van der Waals surface area contributed by atoms with E-state index in [1.165, 1.54) is 6.08 Å². The second-order valence-corrected chi connectivity index (χ2v) is 7.36. The molecule has 4 nitrogen and oxygen atoms in total. The summed E-state index contributed by atoms with van der Waals surface area (Å²) in [6, 6.07) is 15.0. The summed E-state index contributed by atoms with van der Waals surface area (Å²) in [5.74, 6) is 0.530. The molecule has 0 aliphatic rings. The van der Waals surface area contributed by atoms with Crippen molar-refractivity contribution in [2.75, 3.05) is 0 Å². The van der Waals surface area contributed by atoms with Gasteiger partial charge in [-0.3, -0.25) is 4.79 Å². The van der Waals surface area contributed by atoms with Gasteiger partial charge in [-0.1, -0.05) is 41.9 Å². The molecule has 0 aliphatic carbocycles. The third-order valence-corrected chi connectivity index (χ3v) is 4.79. The Morgan fingerprint density at radius 2 is 2.11 bits per heavy atom. The van der Waals surface area contributed by atoms with Crippen LogP contribution in [0, 0.1) is 6.92 Å². The largest absolute Gasteiger partial charge is 0.487 e. The van der Waals surface area contributed by atoms with Crippen molar-refractivity contribution in [3.63, 3.8) is 0 Å². The quantitative estimate of drug-likeness (QED) is 0.569. The van der Waals surface area contributed by atoms with E-state index in [0.29, 0.717) is 23.9 Å². The molecule has 2 aromatic carbocycles. The first-order valence-corrected chi connectivity index (χ1v) is 9.69. The molecule has 0 saturated heterocycles. The Bertz CT molecular complexity index is 953. The van der Waals surface area contributed by atoms with Gasteiger partial charge in [-0.05, 0) is 36.8 Å². The van der Waals surface area contributed by atoms with Gasteiger partial charge >= 0.3 is 0 Å². The van der Waals surface area contributed by atoms with Gasteiger partial charge in [-0.25, -0.2) is 4.98 Å². The van der Waals surface area contributed by atoms with Crippen molar-refractivity contribution in [2.45, 2.75) is 20.1 Å². The lowest BCUT2D eigenvalue weighted by Crippen LogP contribution is -2.20. The van der Waals surface area contributed by atoms with E-state index >= 15 is 0 Å². The number of nitrogens with zero attached hydrogens (tertiary/aromatic N) is 1. The number of aromatic nitrogens is 1. The van der Waals surface area contributed by atoms with E-state index in [-0.39, 0.29) is 5.91 Å². The maximum Gasteiger partial charge on any atom is 0.244 e. The molecule has 1 N–H and O–H groups in total. The van der Waals surface area contributed by atoms with Crippen LogP contribution in [0.25, 0.3) is 6.08 Å². The third kappa shape index (κ3) is 5.94. The van der Waals surface area contributed by atoms with Crippen molar-refractivity contribution in [2.24, 2.45) is 0 Å². The highest BCUT2D eigenvalue weighted by molar-refractivity contribution is 7.09. The molecule has 0 aliphatic heterocycles. The molecular weight excluding hydrogens is 380 g/mol. The molecule has 0 unspecified atom stereocenters. The van der Waals surface area contributed by atoms with Crippen LogP contribution in [0.2, 0.25) is 5.02 Å². The Kier molecular flexibility index (Phi) is 6.63. The number of hydrogen-bond donors (Lipinski definition) is 1. The Morgan fingerprint density at radius 1 is 1.26 bits per heavy atom. The molecule has 0 saturated carbocycles. The van der Waals surface area contributed by atoms with Gasteiger partial charge < -0.3 is 10.1 Å². The van der Waals surface area contributed by atoms with Crippen LogP contribution in [0.3, 0.4) is 0 Å². The molecule has 138 valence electrons. The number of thiazole rings is 1. The zero-order chi connectivity index (χ0) is 19.1. The lowest BCUT2D eigenvalue weighted by Gasteiger charge is -2.08. The fourth-order valence-electron chi connectivity index (χ4n) is 2.44. The summed E-state index contributed by atoms with van der Waals surface area (Å²) in [7, 11) is 0. The first-order valence-electron chi connectivity index (χ1n) is 8.43. The Hall–Kier alpha value is -2.63. The zero-order valence-corrected chi connectivity index (χ0v) is 16.4. The highest BCUT2D eigenvalue weighted by atomic mass is 35.5. The summed E-state index contributed by atoms with van der Waals surface area (Å²) < 4.78 is 5.86. The summed E-state index contributed by atoms with van der Waals surface area (Å²) in [4.78, 5) is 16.5. The molecule has 0 spiro atoms. The molecule has 6 heteroatoms. The minimum atomic E-state index is -0.181. The summed E-state index contributed by atoms with van der Waals surface area (Å²) in [5, 5.41) is 6.49. The van der Waals surface area contributed by atoms with Gasteiger partial charge in [0.25, 0.3) is 0 Å². The van der Waals surface area contributed by atoms with Crippen molar-refractivity contribution in [1.29, 1.82) is 0 Å². The molecule has 27 heavy (non-hydrogen) atoms. The number of benzene rings is 2. The van der Waals surface area contributed by atoms with Gasteiger partial charge in [-0.15, -0.1) is 11.3 Å². The summed E-state index contributed by atoms with van der Waals surface area (Å²) >= 11 is 7.55. The van der Waals surface area contributed by atoms with Crippen molar-refractivity contribution in [1.82, 2.24) is 10.3 Å². The first-order chi connectivity index (χ1) is 13.1. The molecule has 0 radical (unpaired) electrons. The van der Waals surface area contributed by atoms with Crippen LogP contribution in [0.5, 0.6) is 5.75 Å². The third-order valence-electron chi connectivity index (χ3n) is 3.73. The average Bonchev–Trinajstić information content (AvgIpc) is 3.09. The lowest BCUT2D eigenvalue weighted by atomic mass is 10.2. The highest BCUT2D eigenvalue weighted by Gasteiger charge is 2.04. The van der Waals surface area contributed by atoms with E-state index in [2.05, 4.69) is 10.3 Å². The van der Waals surface area contributed by atoms with Crippen molar-refractivity contribution in [3.8, 4) is 5.75 Å². The lowest BCUT2D eigenvalue weighted by molar-refractivity contribution is -0.116. The van der Waals surface area contributed by atoms with E-state index in [4.69, 9.17) is 16.3 Å². The van der Waals surface area contributed by atoms with E-state index in [1.54, 1.807) is 23.5 Å². The highest BCUT2D eigenvalue weighted by Crippen LogP contribution is 2.21. The number of carbonyl (C=O) groups is 1. The van der Waals surface area contributed by atoms with E-state index in [1.807, 2.05) is 54.8 Å². The molecule has 1 amide bonds. The second-order valence-electron chi connectivity index (χ2n) is 5.87. The fraction of sp³-hybridized carbons (Fsp3) is 0.143. The molecule has 0 bridgehead atoms. The SMILES string of the molecule is Cc1nc(COc2ccccc2/C=C/C(=O)NCc2cccc(Cl)c2)cs1. The smallest absolute Gasteiger partial charge is 0.244 e. The normalized spacial score (nSPS) is 10.9. The van der Waals surface area contributed by atoms with Crippen LogP contribution in [-0.4, -0.2) is 10.9 Å². The van der Waals surface area contributed by atoms with Crippen LogP contribution in [0.1, 0.15) is 21.8 Å². The number of para-hydroxylation sites is 1. The van der Waals surface area contributed by atoms with Crippen LogP contribution in [0.15, 0.2) is 60.0 Å². The predicted molar refractivity (Wildman–Crippen MR) is 110 cm³/mol. The standard InChI is InChI=1S/C21H19ClN2O2S/c1-15-24-19(14-27-15)13-26-20-8-3-2-6-17(20)9-10-21(25)23-12-16-5-4-7-18(22)11-16/h2-11,14H,12-13H2,1H3,(H,23,25)/b10-9+. The number of amides is 1. The van der Waals surface area contributed by atoms with Gasteiger partial charge in [0.15, 0.2) is 0 Å². The van der Waals surface area contributed by atoms with Crippen molar-refractivity contribution < 1.29 is 9.53 Å². The molecule has 0 fully saturated rings. The van der Waals surface area contributed by atoms with Crippen LogP contribution >= 0.6 is 22.9 Å². The predicted octanol–water partition coefficient (Wildman–Crippen LogP) is 5.01. The van der Waals surface area contributed by atoms with E-state index in [0.717, 1.165) is 21.8 Å². The zero-order valence-electron chi connectivity index (χ0n) is 14.8. The number of halogens is 1.